The Balaban J connectivity index is 2.00. The van der Waals surface area contributed by atoms with Crippen molar-refractivity contribution in [2.24, 2.45) is 5.92 Å². The second kappa shape index (κ2) is 6.90. The van der Waals surface area contributed by atoms with Gasteiger partial charge in [-0.05, 0) is 57.5 Å². The van der Waals surface area contributed by atoms with E-state index in [1.54, 1.807) is 0 Å². The maximum absolute atomic E-state index is 11.7. The number of likely N-dealkylation sites (N-methyl/N-ethyl adjacent to an activating group) is 1. The van der Waals surface area contributed by atoms with Crippen LogP contribution in [-0.2, 0) is 4.79 Å². The van der Waals surface area contributed by atoms with Gasteiger partial charge in [-0.25, -0.2) is 0 Å². The van der Waals surface area contributed by atoms with E-state index in [1.165, 1.54) is 25.8 Å². The largest absolute Gasteiger partial charge is 0.480 e. The first kappa shape index (κ1) is 15.8. The molecule has 0 bridgehead atoms. The van der Waals surface area contributed by atoms with Crippen molar-refractivity contribution in [3.8, 4) is 0 Å². The fraction of sp³-hybridized carbons (Fsp3) is 0.938. The van der Waals surface area contributed by atoms with Gasteiger partial charge in [0.2, 0.25) is 0 Å². The highest BCUT2D eigenvalue weighted by Crippen LogP contribution is 2.34. The van der Waals surface area contributed by atoms with Gasteiger partial charge in [-0.3, -0.25) is 4.79 Å². The van der Waals surface area contributed by atoms with Crippen LogP contribution in [0.3, 0.4) is 0 Å². The van der Waals surface area contributed by atoms with Gasteiger partial charge >= 0.3 is 5.97 Å². The molecule has 4 heteroatoms. The van der Waals surface area contributed by atoms with Crippen LogP contribution in [0.5, 0.6) is 0 Å². The minimum atomic E-state index is -0.690. The first-order chi connectivity index (χ1) is 9.61. The van der Waals surface area contributed by atoms with Gasteiger partial charge in [-0.1, -0.05) is 20.3 Å². The van der Waals surface area contributed by atoms with Crippen LogP contribution in [0.1, 0.15) is 58.8 Å². The summed E-state index contributed by atoms with van der Waals surface area (Å²) in [5.74, 6) is 0.194. The van der Waals surface area contributed by atoms with Gasteiger partial charge in [0.05, 0.1) is 0 Å². The van der Waals surface area contributed by atoms with Gasteiger partial charge < -0.3 is 15.3 Å². The van der Waals surface area contributed by atoms with Crippen molar-refractivity contribution >= 4 is 5.97 Å². The number of carboxylic acids is 1. The van der Waals surface area contributed by atoms with Crippen LogP contribution in [0.15, 0.2) is 0 Å². The first-order valence-electron chi connectivity index (χ1n) is 8.33. The molecule has 2 aliphatic rings. The summed E-state index contributed by atoms with van der Waals surface area (Å²) in [6.07, 6.45) is 7.81. The van der Waals surface area contributed by atoms with Crippen molar-refractivity contribution in [1.82, 2.24) is 10.2 Å². The van der Waals surface area contributed by atoms with Crippen molar-refractivity contribution in [1.29, 1.82) is 0 Å². The van der Waals surface area contributed by atoms with E-state index in [-0.39, 0.29) is 0 Å². The van der Waals surface area contributed by atoms with Crippen LogP contribution < -0.4 is 5.32 Å². The number of hydrogen-bond donors (Lipinski definition) is 2. The lowest BCUT2D eigenvalue weighted by Gasteiger charge is -2.44. The van der Waals surface area contributed by atoms with Crippen LogP contribution in [0.2, 0.25) is 0 Å². The van der Waals surface area contributed by atoms with Crippen molar-refractivity contribution in [3.63, 3.8) is 0 Å². The number of aliphatic carboxylic acids is 1. The molecule has 2 N–H and O–H groups in total. The summed E-state index contributed by atoms with van der Waals surface area (Å²) in [7, 11) is 0. The van der Waals surface area contributed by atoms with Gasteiger partial charge in [0.25, 0.3) is 0 Å². The molecule has 0 amide bonds. The topological polar surface area (TPSA) is 52.6 Å². The predicted octanol–water partition coefficient (Wildman–Crippen LogP) is 2.48. The lowest BCUT2D eigenvalue weighted by Crippen LogP contribution is -2.58. The number of nitrogens with zero attached hydrogens (tertiary/aromatic N) is 1. The van der Waals surface area contributed by atoms with Crippen LogP contribution >= 0.6 is 0 Å². The van der Waals surface area contributed by atoms with E-state index >= 15 is 0 Å². The standard InChI is InChI=1S/C16H30N2O2/c1-3-17-16(15(19)20)10-6-9-14(11-16)18(4-2)12-13-7-5-8-13/h13-14,17H,3-12H2,1-2H3,(H,19,20). The van der Waals surface area contributed by atoms with Crippen molar-refractivity contribution < 1.29 is 9.90 Å². The third-order valence-corrected chi connectivity index (χ3v) is 5.29. The van der Waals surface area contributed by atoms with Gasteiger partial charge in [0.1, 0.15) is 5.54 Å². The first-order valence-corrected chi connectivity index (χ1v) is 8.33. The second-order valence-electron chi connectivity index (χ2n) is 6.55. The monoisotopic (exact) mass is 282 g/mol. The van der Waals surface area contributed by atoms with E-state index in [1.807, 2.05) is 6.92 Å². The molecule has 0 saturated heterocycles. The summed E-state index contributed by atoms with van der Waals surface area (Å²) in [5.41, 5.74) is -0.690. The fourth-order valence-corrected chi connectivity index (χ4v) is 3.87. The molecule has 2 rings (SSSR count). The van der Waals surface area contributed by atoms with Crippen molar-refractivity contribution in [3.05, 3.63) is 0 Å². The molecule has 4 nitrogen and oxygen atoms in total. The summed E-state index contributed by atoms with van der Waals surface area (Å²) in [5, 5.41) is 12.9. The molecular weight excluding hydrogens is 252 g/mol. The SMILES string of the molecule is CCNC1(C(=O)O)CCCC(N(CC)CC2CCC2)C1. The number of nitrogens with one attached hydrogen (secondary N) is 1. The Kier molecular flexibility index (Phi) is 5.44. The Morgan fingerprint density at radius 3 is 2.55 bits per heavy atom. The molecule has 0 aromatic carbocycles. The molecule has 0 spiro atoms. The smallest absolute Gasteiger partial charge is 0.323 e. The quantitative estimate of drug-likeness (QED) is 0.753. The summed E-state index contributed by atoms with van der Waals surface area (Å²) in [6.45, 7) is 7.16. The number of rotatable bonds is 7. The van der Waals surface area contributed by atoms with E-state index < -0.39 is 11.5 Å². The predicted molar refractivity (Wildman–Crippen MR) is 80.9 cm³/mol. The average molecular weight is 282 g/mol. The third kappa shape index (κ3) is 3.34. The zero-order chi connectivity index (χ0) is 14.6. The maximum Gasteiger partial charge on any atom is 0.323 e. The van der Waals surface area contributed by atoms with E-state index in [4.69, 9.17) is 0 Å². The molecule has 2 atom stereocenters. The molecule has 2 unspecified atom stereocenters. The summed E-state index contributed by atoms with van der Waals surface area (Å²) in [6, 6.07) is 0.435. The van der Waals surface area contributed by atoms with Crippen molar-refractivity contribution in [2.75, 3.05) is 19.6 Å². The highest BCUT2D eigenvalue weighted by atomic mass is 16.4. The Hall–Kier alpha value is -0.610. The molecule has 2 fully saturated rings. The zero-order valence-corrected chi connectivity index (χ0v) is 13.0. The van der Waals surface area contributed by atoms with Gasteiger partial charge in [-0.2, -0.15) is 0 Å². The van der Waals surface area contributed by atoms with Gasteiger partial charge in [-0.15, -0.1) is 0 Å². The highest BCUT2D eigenvalue weighted by molar-refractivity contribution is 5.79. The summed E-state index contributed by atoms with van der Waals surface area (Å²) < 4.78 is 0. The summed E-state index contributed by atoms with van der Waals surface area (Å²) in [4.78, 5) is 14.3. The molecule has 0 aromatic rings. The fourth-order valence-electron chi connectivity index (χ4n) is 3.87. The van der Waals surface area contributed by atoms with E-state index in [0.29, 0.717) is 6.04 Å². The molecule has 20 heavy (non-hydrogen) atoms. The Labute approximate surface area is 122 Å². The van der Waals surface area contributed by atoms with Gasteiger partial charge in [0, 0.05) is 12.6 Å². The van der Waals surface area contributed by atoms with Gasteiger partial charge in [0.15, 0.2) is 0 Å². The van der Waals surface area contributed by atoms with Crippen LogP contribution in [0, 0.1) is 5.92 Å². The summed E-state index contributed by atoms with van der Waals surface area (Å²) >= 11 is 0. The maximum atomic E-state index is 11.7. The normalized spacial score (nSPS) is 31.2. The number of hydrogen-bond acceptors (Lipinski definition) is 3. The van der Waals surface area contributed by atoms with E-state index in [0.717, 1.165) is 44.7 Å². The molecule has 2 aliphatic carbocycles. The van der Waals surface area contributed by atoms with Crippen molar-refractivity contribution in [2.45, 2.75) is 70.4 Å². The molecule has 116 valence electrons. The third-order valence-electron chi connectivity index (χ3n) is 5.29. The second-order valence-corrected chi connectivity index (χ2v) is 6.55. The minimum Gasteiger partial charge on any atom is -0.480 e. The average Bonchev–Trinajstić information content (AvgIpc) is 2.38. The molecular formula is C16H30N2O2. The minimum absolute atomic E-state index is 0.435. The molecule has 2 saturated carbocycles. The Morgan fingerprint density at radius 1 is 1.30 bits per heavy atom. The number of carboxylic acid groups (broad SMARTS) is 1. The van der Waals surface area contributed by atoms with E-state index in [9.17, 15) is 9.90 Å². The van der Waals surface area contributed by atoms with Crippen LogP contribution in [0.4, 0.5) is 0 Å². The van der Waals surface area contributed by atoms with E-state index in [2.05, 4.69) is 17.1 Å². The molecule has 0 aromatic heterocycles. The Bertz CT molecular complexity index is 326. The number of carbonyl (C=O) groups is 1. The molecule has 0 aliphatic heterocycles. The molecule has 0 radical (unpaired) electrons. The highest BCUT2D eigenvalue weighted by Gasteiger charge is 2.43. The lowest BCUT2D eigenvalue weighted by molar-refractivity contribution is -0.147. The van der Waals surface area contributed by atoms with Crippen LogP contribution in [-0.4, -0.2) is 47.2 Å². The Morgan fingerprint density at radius 2 is 2.05 bits per heavy atom. The lowest BCUT2D eigenvalue weighted by atomic mass is 9.77. The zero-order valence-electron chi connectivity index (χ0n) is 13.0. The molecule has 0 heterocycles. The van der Waals surface area contributed by atoms with Crippen LogP contribution in [0.25, 0.3) is 0 Å².